The number of aromatic nitrogens is 4. The molecule has 0 aliphatic heterocycles. The van der Waals surface area contributed by atoms with Gasteiger partial charge < -0.3 is 16.0 Å². The van der Waals surface area contributed by atoms with Crippen LogP contribution < -0.4 is 11.1 Å². The van der Waals surface area contributed by atoms with Crippen LogP contribution in [0.4, 0.5) is 10.1 Å². The average Bonchev–Trinajstić information content (AvgIpc) is 3.62. The Hall–Kier alpha value is -4.37. The third-order valence-electron chi connectivity index (χ3n) is 7.34. The lowest BCUT2D eigenvalue weighted by Crippen LogP contribution is -2.13. The minimum Gasteiger partial charge on any atom is -0.398 e. The summed E-state index contributed by atoms with van der Waals surface area (Å²) >= 11 is 1.00. The highest BCUT2D eigenvalue weighted by atomic mass is 32.1. The highest BCUT2D eigenvalue weighted by Crippen LogP contribution is 2.32. The van der Waals surface area contributed by atoms with Crippen molar-refractivity contribution in [1.29, 1.82) is 5.41 Å². The molecule has 210 valence electrons. The number of imidazole rings is 1. The van der Waals surface area contributed by atoms with Gasteiger partial charge in [-0.15, -0.1) is 11.3 Å². The minimum atomic E-state index is -0.297. The Morgan fingerprint density at radius 3 is 2.76 bits per heavy atom. The number of fused-ring (bicyclic) bond motifs is 1. The van der Waals surface area contributed by atoms with E-state index in [4.69, 9.17) is 11.1 Å². The first kappa shape index (κ1) is 28.2. The highest BCUT2D eigenvalue weighted by Gasteiger charge is 2.19. The summed E-state index contributed by atoms with van der Waals surface area (Å²) in [6, 6.07) is 6.84. The first-order valence-corrected chi connectivity index (χ1v) is 14.6. The van der Waals surface area contributed by atoms with Gasteiger partial charge in [-0.05, 0) is 55.2 Å². The first-order chi connectivity index (χ1) is 19.8. The molecule has 41 heavy (non-hydrogen) atoms. The number of pyridine rings is 2. The molecule has 4 aromatic rings. The van der Waals surface area contributed by atoms with Crippen LogP contribution in [0.5, 0.6) is 0 Å². The molecule has 0 atom stereocenters. The van der Waals surface area contributed by atoms with Crippen molar-refractivity contribution in [3.63, 3.8) is 0 Å². The van der Waals surface area contributed by atoms with Crippen LogP contribution in [-0.2, 0) is 0 Å². The molecule has 5 N–H and O–H groups in total. The number of nitrogens with zero attached hydrogens (tertiary/aromatic N) is 3. The van der Waals surface area contributed by atoms with Crippen molar-refractivity contribution in [3.8, 4) is 10.6 Å². The molecule has 0 radical (unpaired) electrons. The Labute approximate surface area is 243 Å². The molecule has 4 aromatic heterocycles. The van der Waals surface area contributed by atoms with Crippen LogP contribution >= 0.6 is 11.3 Å². The maximum absolute atomic E-state index is 13.7. The summed E-state index contributed by atoms with van der Waals surface area (Å²) in [7, 11) is 0. The average molecular weight is 568 g/mol. The number of hydrogen-bond donors (Lipinski definition) is 4. The lowest BCUT2D eigenvalue weighted by Gasteiger charge is -2.23. The SMILES string of the molecule is C=C(CC1CCCCC1)Nc1cncc(C(=C)/C=C(C(=N)c2nc3c(-c4ccc(F)s4)nccc3[nH]2)\C(N)=C/C)c1. The van der Waals surface area contributed by atoms with E-state index in [1.54, 1.807) is 42.9 Å². The Bertz CT molecular complexity index is 1670. The molecule has 4 heterocycles. The highest BCUT2D eigenvalue weighted by molar-refractivity contribution is 7.13. The van der Waals surface area contributed by atoms with E-state index in [1.165, 1.54) is 38.2 Å². The first-order valence-electron chi connectivity index (χ1n) is 13.7. The van der Waals surface area contributed by atoms with Crippen molar-refractivity contribution in [2.45, 2.75) is 45.4 Å². The standard InChI is InChI=1S/C32H34FN7S/c1-4-25(34)24(29(35)32-39-26-12-13-37-31(30(26)40-32)27-10-11-28(33)41-27)14-19(2)22-16-23(18-36-17-22)38-20(3)15-21-8-6-5-7-9-21/h4,10-14,16-18,21,35,38H,2-3,5-9,15,34H2,1H3,(H,39,40)/b24-14+,25-4+,35-29?. The minimum absolute atomic E-state index is 0.101. The van der Waals surface area contributed by atoms with E-state index in [1.807, 2.05) is 13.0 Å². The van der Waals surface area contributed by atoms with E-state index in [9.17, 15) is 4.39 Å². The number of allylic oxidation sites excluding steroid dienone is 5. The number of hydrogen-bond acceptors (Lipinski definition) is 7. The molecule has 1 saturated carbocycles. The molecular formula is C32H34FN7S. The van der Waals surface area contributed by atoms with Crippen LogP contribution in [0.25, 0.3) is 27.2 Å². The Kier molecular flexibility index (Phi) is 8.54. The Morgan fingerprint density at radius 2 is 2.02 bits per heavy atom. The third-order valence-corrected chi connectivity index (χ3v) is 8.22. The molecule has 0 bridgehead atoms. The molecular weight excluding hydrogens is 533 g/mol. The molecule has 0 saturated heterocycles. The number of aromatic amines is 1. The third kappa shape index (κ3) is 6.52. The van der Waals surface area contributed by atoms with Crippen LogP contribution in [0.15, 0.2) is 85.1 Å². The summed E-state index contributed by atoms with van der Waals surface area (Å²) in [4.78, 5) is 17.4. The van der Waals surface area contributed by atoms with Crippen molar-refractivity contribution in [2.75, 3.05) is 5.32 Å². The molecule has 5 rings (SSSR count). The number of H-pyrrole nitrogens is 1. The van der Waals surface area contributed by atoms with E-state index >= 15 is 0 Å². The van der Waals surface area contributed by atoms with Crippen molar-refractivity contribution < 1.29 is 4.39 Å². The van der Waals surface area contributed by atoms with Crippen molar-refractivity contribution in [2.24, 2.45) is 11.7 Å². The molecule has 0 spiro atoms. The van der Waals surface area contributed by atoms with Crippen LogP contribution in [0.2, 0.25) is 0 Å². The summed E-state index contributed by atoms with van der Waals surface area (Å²) in [5.74, 6) is 1.01. The second-order valence-corrected chi connectivity index (χ2v) is 11.4. The fraction of sp³-hybridized carbons (Fsp3) is 0.250. The summed E-state index contributed by atoms with van der Waals surface area (Å²) in [6.45, 7) is 10.3. The number of thiophene rings is 1. The molecule has 0 aromatic carbocycles. The summed E-state index contributed by atoms with van der Waals surface area (Å²) < 4.78 is 13.7. The molecule has 1 fully saturated rings. The second kappa shape index (κ2) is 12.4. The molecule has 1 aliphatic carbocycles. The lowest BCUT2D eigenvalue weighted by atomic mass is 9.86. The summed E-state index contributed by atoms with van der Waals surface area (Å²) in [5.41, 5.74) is 12.4. The Balaban J connectivity index is 1.39. The predicted octanol–water partition coefficient (Wildman–Crippen LogP) is 7.99. The normalized spacial score (nSPS) is 14.8. The Morgan fingerprint density at radius 1 is 1.22 bits per heavy atom. The van der Waals surface area contributed by atoms with Gasteiger partial charge in [-0.3, -0.25) is 15.4 Å². The van der Waals surface area contributed by atoms with Gasteiger partial charge in [0.25, 0.3) is 0 Å². The van der Waals surface area contributed by atoms with Crippen LogP contribution in [0.3, 0.4) is 0 Å². The van der Waals surface area contributed by atoms with Gasteiger partial charge in [0.05, 0.1) is 22.3 Å². The monoisotopic (exact) mass is 567 g/mol. The van der Waals surface area contributed by atoms with E-state index in [-0.39, 0.29) is 10.8 Å². The van der Waals surface area contributed by atoms with Crippen molar-refractivity contribution >= 4 is 39.3 Å². The molecule has 7 nitrogen and oxygen atoms in total. The van der Waals surface area contributed by atoms with Crippen LogP contribution in [-0.4, -0.2) is 25.6 Å². The fourth-order valence-corrected chi connectivity index (χ4v) is 5.92. The van der Waals surface area contributed by atoms with Gasteiger partial charge in [0.15, 0.2) is 11.0 Å². The number of nitrogens with two attached hydrogens (primary N) is 1. The van der Waals surface area contributed by atoms with Gasteiger partial charge in [-0.2, -0.15) is 4.39 Å². The maximum atomic E-state index is 13.7. The lowest BCUT2D eigenvalue weighted by molar-refractivity contribution is 0.357. The smallest absolute Gasteiger partial charge is 0.177 e. The summed E-state index contributed by atoms with van der Waals surface area (Å²) in [5, 5.41) is 12.1. The van der Waals surface area contributed by atoms with Crippen LogP contribution in [0.1, 0.15) is 56.8 Å². The number of anilines is 1. The number of nitrogens with one attached hydrogen (secondary N) is 3. The zero-order valence-corrected chi connectivity index (χ0v) is 24.0. The maximum Gasteiger partial charge on any atom is 0.177 e. The zero-order chi connectivity index (χ0) is 28.9. The molecule has 9 heteroatoms. The van der Waals surface area contributed by atoms with Gasteiger partial charge in [0, 0.05) is 34.9 Å². The van der Waals surface area contributed by atoms with E-state index in [0.717, 1.165) is 34.7 Å². The second-order valence-electron chi connectivity index (χ2n) is 10.3. The zero-order valence-electron chi connectivity index (χ0n) is 23.1. The van der Waals surface area contributed by atoms with Gasteiger partial charge >= 0.3 is 0 Å². The quantitative estimate of drug-likeness (QED) is 0.114. The van der Waals surface area contributed by atoms with Crippen molar-refractivity contribution in [1.82, 2.24) is 19.9 Å². The van der Waals surface area contributed by atoms with Gasteiger partial charge in [-0.25, -0.2) is 4.98 Å². The molecule has 0 unspecified atom stereocenters. The predicted molar refractivity (Wildman–Crippen MR) is 167 cm³/mol. The molecule has 0 amide bonds. The van der Waals surface area contributed by atoms with Crippen LogP contribution in [0, 0.1) is 16.5 Å². The number of rotatable bonds is 10. The topological polar surface area (TPSA) is 116 Å². The largest absolute Gasteiger partial charge is 0.398 e. The van der Waals surface area contributed by atoms with E-state index in [0.29, 0.717) is 50.2 Å². The van der Waals surface area contributed by atoms with Gasteiger partial charge in [-0.1, -0.05) is 51.3 Å². The number of halogens is 1. The van der Waals surface area contributed by atoms with E-state index < -0.39 is 0 Å². The molecule has 1 aliphatic rings. The van der Waals surface area contributed by atoms with Crippen molar-refractivity contribution in [3.05, 3.63) is 102 Å². The van der Waals surface area contributed by atoms with E-state index in [2.05, 4.69) is 38.4 Å². The van der Waals surface area contributed by atoms with Gasteiger partial charge in [0.2, 0.25) is 0 Å². The summed E-state index contributed by atoms with van der Waals surface area (Å²) in [6.07, 6.45) is 16.1. The fourth-order valence-electron chi connectivity index (χ4n) is 5.19. The van der Waals surface area contributed by atoms with Gasteiger partial charge in [0.1, 0.15) is 16.9 Å².